The highest BCUT2D eigenvalue weighted by Crippen LogP contribution is 2.17. The number of hydrogen-bond acceptors (Lipinski definition) is 3. The van der Waals surface area contributed by atoms with Crippen LogP contribution in [-0.4, -0.2) is 23.5 Å². The number of anilines is 1. The first-order chi connectivity index (χ1) is 8.62. The average Bonchev–Trinajstić information content (AvgIpc) is 2.38. The van der Waals surface area contributed by atoms with Crippen molar-refractivity contribution >= 4 is 23.3 Å². The molecule has 100 valence electrons. The standard InChI is InChI=1S/C13H20ClN3O/c1-4-9(5-2)16-13(18)12-10(14)7-8-11(17-12)15-6-3/h7-9H,4-6H2,1-3H3,(H,15,17)(H,16,18). The highest BCUT2D eigenvalue weighted by Gasteiger charge is 2.15. The van der Waals surface area contributed by atoms with Crippen molar-refractivity contribution in [2.75, 3.05) is 11.9 Å². The zero-order valence-corrected chi connectivity index (χ0v) is 11.8. The highest BCUT2D eigenvalue weighted by atomic mass is 35.5. The second-order valence-corrected chi connectivity index (χ2v) is 4.45. The van der Waals surface area contributed by atoms with Gasteiger partial charge in [-0.25, -0.2) is 4.98 Å². The Kier molecular flexibility index (Phi) is 5.92. The number of carbonyl (C=O) groups excluding carboxylic acids is 1. The van der Waals surface area contributed by atoms with Crippen LogP contribution in [0, 0.1) is 0 Å². The van der Waals surface area contributed by atoms with E-state index in [1.807, 2.05) is 20.8 Å². The van der Waals surface area contributed by atoms with E-state index in [9.17, 15) is 4.79 Å². The molecule has 0 spiro atoms. The fraction of sp³-hybridized carbons (Fsp3) is 0.538. The van der Waals surface area contributed by atoms with Gasteiger partial charge in [0.2, 0.25) is 0 Å². The lowest BCUT2D eigenvalue weighted by Gasteiger charge is -2.15. The van der Waals surface area contributed by atoms with Crippen LogP contribution in [0.5, 0.6) is 0 Å². The Bertz CT molecular complexity index is 405. The summed E-state index contributed by atoms with van der Waals surface area (Å²) in [6, 6.07) is 3.62. The van der Waals surface area contributed by atoms with Crippen LogP contribution in [0.1, 0.15) is 44.1 Å². The summed E-state index contributed by atoms with van der Waals surface area (Å²) in [5, 5.41) is 6.37. The summed E-state index contributed by atoms with van der Waals surface area (Å²) in [6.45, 7) is 6.81. The van der Waals surface area contributed by atoms with Crippen LogP contribution in [0.4, 0.5) is 5.82 Å². The molecule has 0 saturated heterocycles. The molecule has 0 aliphatic carbocycles. The van der Waals surface area contributed by atoms with Crippen molar-refractivity contribution in [1.82, 2.24) is 10.3 Å². The molecule has 0 aromatic carbocycles. The number of pyridine rings is 1. The summed E-state index contributed by atoms with van der Waals surface area (Å²) in [5.41, 5.74) is 0.280. The van der Waals surface area contributed by atoms with Crippen LogP contribution < -0.4 is 10.6 Å². The van der Waals surface area contributed by atoms with E-state index in [4.69, 9.17) is 11.6 Å². The van der Waals surface area contributed by atoms with E-state index in [2.05, 4.69) is 15.6 Å². The number of carbonyl (C=O) groups is 1. The number of amides is 1. The van der Waals surface area contributed by atoms with Crippen molar-refractivity contribution in [2.45, 2.75) is 39.7 Å². The van der Waals surface area contributed by atoms with Gasteiger partial charge in [-0.05, 0) is 31.9 Å². The molecule has 1 aromatic heterocycles. The lowest BCUT2D eigenvalue weighted by molar-refractivity contribution is 0.0930. The van der Waals surface area contributed by atoms with Crippen molar-refractivity contribution in [2.24, 2.45) is 0 Å². The number of hydrogen-bond donors (Lipinski definition) is 2. The molecule has 1 heterocycles. The number of nitrogens with zero attached hydrogens (tertiary/aromatic N) is 1. The van der Waals surface area contributed by atoms with Crippen LogP contribution in [0.15, 0.2) is 12.1 Å². The maximum Gasteiger partial charge on any atom is 0.271 e. The smallest absolute Gasteiger partial charge is 0.271 e. The minimum absolute atomic E-state index is 0.165. The third kappa shape index (κ3) is 3.88. The van der Waals surface area contributed by atoms with Gasteiger partial charge >= 0.3 is 0 Å². The van der Waals surface area contributed by atoms with E-state index in [-0.39, 0.29) is 17.6 Å². The lowest BCUT2D eigenvalue weighted by Crippen LogP contribution is -2.34. The molecule has 0 saturated carbocycles. The lowest BCUT2D eigenvalue weighted by atomic mass is 10.1. The molecule has 2 N–H and O–H groups in total. The second-order valence-electron chi connectivity index (χ2n) is 4.04. The third-order valence-corrected chi connectivity index (χ3v) is 3.04. The van der Waals surface area contributed by atoms with Crippen molar-refractivity contribution < 1.29 is 4.79 Å². The van der Waals surface area contributed by atoms with E-state index >= 15 is 0 Å². The van der Waals surface area contributed by atoms with Gasteiger partial charge in [0.15, 0.2) is 0 Å². The molecule has 5 heteroatoms. The Hall–Kier alpha value is -1.29. The Morgan fingerprint density at radius 3 is 2.56 bits per heavy atom. The molecular formula is C13H20ClN3O. The highest BCUT2D eigenvalue weighted by molar-refractivity contribution is 6.33. The quantitative estimate of drug-likeness (QED) is 0.834. The fourth-order valence-corrected chi connectivity index (χ4v) is 1.82. The van der Waals surface area contributed by atoms with Gasteiger partial charge in [0.05, 0.1) is 5.02 Å². The largest absolute Gasteiger partial charge is 0.370 e. The maximum absolute atomic E-state index is 12.1. The monoisotopic (exact) mass is 269 g/mol. The third-order valence-electron chi connectivity index (χ3n) is 2.74. The van der Waals surface area contributed by atoms with Crippen LogP contribution in [0.25, 0.3) is 0 Å². The topological polar surface area (TPSA) is 54.0 Å². The van der Waals surface area contributed by atoms with Crippen LogP contribution in [-0.2, 0) is 0 Å². The predicted octanol–water partition coefficient (Wildman–Crippen LogP) is 3.09. The molecule has 18 heavy (non-hydrogen) atoms. The molecule has 1 rings (SSSR count). The van der Waals surface area contributed by atoms with E-state index in [1.165, 1.54) is 0 Å². The van der Waals surface area contributed by atoms with Gasteiger partial charge in [0, 0.05) is 12.6 Å². The zero-order valence-electron chi connectivity index (χ0n) is 11.1. The molecule has 0 aliphatic heterocycles. The van der Waals surface area contributed by atoms with Gasteiger partial charge in [-0.2, -0.15) is 0 Å². The summed E-state index contributed by atoms with van der Waals surface area (Å²) in [5.74, 6) is 0.449. The van der Waals surface area contributed by atoms with Gasteiger partial charge in [0.1, 0.15) is 11.5 Å². The number of nitrogens with one attached hydrogen (secondary N) is 2. The minimum atomic E-state index is -0.214. The number of halogens is 1. The SMILES string of the molecule is CCNc1ccc(Cl)c(C(=O)NC(CC)CC)n1. The Labute approximate surface area is 113 Å². The molecule has 4 nitrogen and oxygen atoms in total. The first-order valence-corrected chi connectivity index (χ1v) is 6.71. The summed E-state index contributed by atoms with van der Waals surface area (Å²) in [6.07, 6.45) is 1.79. The fourth-order valence-electron chi connectivity index (χ4n) is 1.63. The average molecular weight is 270 g/mol. The Balaban J connectivity index is 2.86. The van der Waals surface area contributed by atoms with Gasteiger partial charge in [-0.3, -0.25) is 4.79 Å². The molecule has 0 atom stereocenters. The molecule has 0 unspecified atom stereocenters. The van der Waals surface area contributed by atoms with Crippen molar-refractivity contribution in [3.8, 4) is 0 Å². The molecule has 1 amide bonds. The summed E-state index contributed by atoms with van der Waals surface area (Å²) in [4.78, 5) is 16.3. The molecule has 1 aromatic rings. The molecule has 0 radical (unpaired) electrons. The molecule has 0 bridgehead atoms. The minimum Gasteiger partial charge on any atom is -0.370 e. The van der Waals surface area contributed by atoms with E-state index in [0.29, 0.717) is 10.8 Å². The maximum atomic E-state index is 12.1. The van der Waals surface area contributed by atoms with E-state index in [1.54, 1.807) is 12.1 Å². The second kappa shape index (κ2) is 7.21. The predicted molar refractivity (Wildman–Crippen MR) is 75.2 cm³/mol. The summed E-state index contributed by atoms with van der Waals surface area (Å²) >= 11 is 6.01. The number of rotatable bonds is 6. The first-order valence-electron chi connectivity index (χ1n) is 6.33. The van der Waals surface area contributed by atoms with Crippen LogP contribution >= 0.6 is 11.6 Å². The van der Waals surface area contributed by atoms with Gasteiger partial charge in [0.25, 0.3) is 5.91 Å². The van der Waals surface area contributed by atoms with Gasteiger partial charge in [-0.15, -0.1) is 0 Å². The Morgan fingerprint density at radius 1 is 1.33 bits per heavy atom. The van der Waals surface area contributed by atoms with Crippen molar-refractivity contribution in [3.63, 3.8) is 0 Å². The van der Waals surface area contributed by atoms with E-state index in [0.717, 1.165) is 19.4 Å². The summed E-state index contributed by atoms with van der Waals surface area (Å²) < 4.78 is 0. The first kappa shape index (κ1) is 14.8. The van der Waals surface area contributed by atoms with Crippen LogP contribution in [0.2, 0.25) is 5.02 Å². The summed E-state index contributed by atoms with van der Waals surface area (Å²) in [7, 11) is 0. The van der Waals surface area contributed by atoms with Crippen molar-refractivity contribution in [1.29, 1.82) is 0 Å². The Morgan fingerprint density at radius 2 is 2.00 bits per heavy atom. The van der Waals surface area contributed by atoms with E-state index < -0.39 is 0 Å². The molecule has 0 fully saturated rings. The number of aromatic nitrogens is 1. The molecule has 0 aliphatic rings. The normalized spacial score (nSPS) is 10.5. The van der Waals surface area contributed by atoms with Gasteiger partial charge in [-0.1, -0.05) is 25.4 Å². The van der Waals surface area contributed by atoms with Gasteiger partial charge < -0.3 is 10.6 Å². The van der Waals surface area contributed by atoms with Crippen LogP contribution in [0.3, 0.4) is 0 Å². The molecular weight excluding hydrogens is 250 g/mol. The zero-order chi connectivity index (χ0) is 13.5. The van der Waals surface area contributed by atoms with Crippen molar-refractivity contribution in [3.05, 3.63) is 22.8 Å².